The highest BCUT2D eigenvalue weighted by molar-refractivity contribution is 7.69. The van der Waals surface area contributed by atoms with Crippen LogP contribution in [0.4, 0.5) is 0 Å². The first-order valence-corrected chi connectivity index (χ1v) is 4.85. The summed E-state index contributed by atoms with van der Waals surface area (Å²) in [5, 5.41) is 8.48. The zero-order valence-corrected chi connectivity index (χ0v) is 7.59. The average molecular weight is 181 g/mol. The van der Waals surface area contributed by atoms with Gasteiger partial charge in [0.05, 0.1) is 6.61 Å². The summed E-state index contributed by atoms with van der Waals surface area (Å²) in [5.74, 6) is 0. The van der Waals surface area contributed by atoms with E-state index in [9.17, 15) is 8.42 Å². The second kappa shape index (κ2) is 6.57. The third kappa shape index (κ3) is 5.17. The van der Waals surface area contributed by atoms with Gasteiger partial charge in [0.15, 0.2) is 0 Å². The molecule has 0 heterocycles. The summed E-state index contributed by atoms with van der Waals surface area (Å²) in [5.41, 5.74) is 0. The van der Waals surface area contributed by atoms with Gasteiger partial charge in [0.1, 0.15) is 0 Å². The molecule has 0 saturated carbocycles. The van der Waals surface area contributed by atoms with E-state index >= 15 is 0 Å². The van der Waals surface area contributed by atoms with Crippen molar-refractivity contribution in [2.75, 3.05) is 19.7 Å². The number of aliphatic hydroxyl groups is 1. The van der Waals surface area contributed by atoms with E-state index < -0.39 is 10.9 Å². The molecule has 0 aliphatic heterocycles. The van der Waals surface area contributed by atoms with E-state index in [0.29, 0.717) is 6.54 Å². The molecule has 0 bridgehead atoms. The lowest BCUT2D eigenvalue weighted by molar-refractivity contribution is 0.255. The standard InChI is InChI=1S/C6H15NO3S/c1-2-3-4-7(5-6-8)11(9)10/h8,11H,2-6H2,1H3. The molecule has 0 amide bonds. The third-order valence-corrected chi connectivity index (χ3v) is 2.22. The molecule has 0 aromatic carbocycles. The smallest absolute Gasteiger partial charge is 0.204 e. The summed E-state index contributed by atoms with van der Waals surface area (Å²) >= 11 is 0. The van der Waals surface area contributed by atoms with Crippen molar-refractivity contribution in [3.8, 4) is 0 Å². The minimum Gasteiger partial charge on any atom is -0.395 e. The molecule has 0 aromatic heterocycles. The van der Waals surface area contributed by atoms with Crippen molar-refractivity contribution in [2.24, 2.45) is 0 Å². The first-order valence-electron chi connectivity index (χ1n) is 3.72. The largest absolute Gasteiger partial charge is 0.395 e. The van der Waals surface area contributed by atoms with Crippen molar-refractivity contribution in [3.63, 3.8) is 0 Å². The Morgan fingerprint density at radius 3 is 2.36 bits per heavy atom. The molecule has 11 heavy (non-hydrogen) atoms. The zero-order valence-electron chi connectivity index (χ0n) is 6.69. The molecule has 0 fully saturated rings. The number of aliphatic hydroxyl groups excluding tert-OH is 1. The fourth-order valence-electron chi connectivity index (χ4n) is 0.731. The van der Waals surface area contributed by atoms with Crippen molar-refractivity contribution in [2.45, 2.75) is 19.8 Å². The van der Waals surface area contributed by atoms with Gasteiger partial charge in [-0.05, 0) is 6.42 Å². The molecule has 0 rings (SSSR count). The molecule has 0 atom stereocenters. The Bertz CT molecular complexity index is 150. The Hall–Kier alpha value is -0.130. The van der Waals surface area contributed by atoms with Gasteiger partial charge in [0.2, 0.25) is 10.9 Å². The van der Waals surface area contributed by atoms with E-state index in [4.69, 9.17) is 5.11 Å². The molecule has 0 saturated heterocycles. The minimum atomic E-state index is -2.51. The van der Waals surface area contributed by atoms with Crippen molar-refractivity contribution in [3.05, 3.63) is 0 Å². The number of thiol groups is 1. The molecule has 68 valence electrons. The van der Waals surface area contributed by atoms with Crippen LogP contribution in [0.5, 0.6) is 0 Å². The lowest BCUT2D eigenvalue weighted by atomic mass is 10.3. The van der Waals surface area contributed by atoms with Gasteiger partial charge in [0.25, 0.3) is 0 Å². The quantitative estimate of drug-likeness (QED) is 0.549. The van der Waals surface area contributed by atoms with Crippen LogP contribution in [0.2, 0.25) is 0 Å². The normalized spacial score (nSPS) is 11.3. The van der Waals surface area contributed by atoms with Crippen molar-refractivity contribution >= 4 is 10.9 Å². The maximum Gasteiger partial charge on any atom is 0.204 e. The van der Waals surface area contributed by atoms with E-state index in [1.165, 1.54) is 4.31 Å². The average Bonchev–Trinajstić information content (AvgIpc) is 1.97. The molecule has 0 aliphatic carbocycles. The van der Waals surface area contributed by atoms with E-state index in [2.05, 4.69) is 0 Å². The summed E-state index contributed by atoms with van der Waals surface area (Å²) in [6.07, 6.45) is 1.81. The Morgan fingerprint density at radius 2 is 2.00 bits per heavy atom. The van der Waals surface area contributed by atoms with Gasteiger partial charge in [-0.1, -0.05) is 13.3 Å². The first kappa shape index (κ1) is 10.9. The van der Waals surface area contributed by atoms with Crippen LogP contribution in [0.15, 0.2) is 0 Å². The predicted octanol–water partition coefficient (Wildman–Crippen LogP) is -0.393. The molecule has 0 unspecified atom stereocenters. The summed E-state index contributed by atoms with van der Waals surface area (Å²) in [4.78, 5) is 0. The third-order valence-electron chi connectivity index (χ3n) is 1.36. The molecule has 4 nitrogen and oxygen atoms in total. The van der Waals surface area contributed by atoms with Crippen LogP contribution >= 0.6 is 0 Å². The number of nitrogens with zero attached hydrogens (tertiary/aromatic N) is 1. The van der Waals surface area contributed by atoms with Gasteiger partial charge in [-0.3, -0.25) is 0 Å². The van der Waals surface area contributed by atoms with E-state index in [1.54, 1.807) is 0 Å². The maximum atomic E-state index is 10.4. The SMILES string of the molecule is CCCCN(CCO)[SH](=O)=O. The maximum absolute atomic E-state index is 10.4. The van der Waals surface area contributed by atoms with E-state index in [1.807, 2.05) is 6.92 Å². The van der Waals surface area contributed by atoms with Crippen molar-refractivity contribution in [1.29, 1.82) is 0 Å². The Balaban J connectivity index is 3.70. The predicted molar refractivity (Wildman–Crippen MR) is 43.9 cm³/mol. The van der Waals surface area contributed by atoms with Crippen LogP contribution in [-0.4, -0.2) is 37.5 Å². The number of hydrogen-bond acceptors (Lipinski definition) is 3. The highest BCUT2D eigenvalue weighted by Gasteiger charge is 2.03. The van der Waals surface area contributed by atoms with Gasteiger partial charge in [-0.2, -0.15) is 0 Å². The lowest BCUT2D eigenvalue weighted by Gasteiger charge is -2.11. The van der Waals surface area contributed by atoms with Gasteiger partial charge in [0, 0.05) is 13.1 Å². The fraction of sp³-hybridized carbons (Fsp3) is 1.00. The molecule has 0 radical (unpaired) electrons. The Kier molecular flexibility index (Phi) is 6.49. The molecular formula is C6H15NO3S. The second-order valence-electron chi connectivity index (χ2n) is 2.27. The highest BCUT2D eigenvalue weighted by Crippen LogP contribution is 1.93. The highest BCUT2D eigenvalue weighted by atomic mass is 32.2. The van der Waals surface area contributed by atoms with E-state index in [0.717, 1.165) is 12.8 Å². The van der Waals surface area contributed by atoms with Crippen LogP contribution in [-0.2, 0) is 10.9 Å². The van der Waals surface area contributed by atoms with Crippen LogP contribution in [0.1, 0.15) is 19.8 Å². The summed E-state index contributed by atoms with van der Waals surface area (Å²) in [6, 6.07) is 0. The van der Waals surface area contributed by atoms with Crippen LogP contribution in [0.3, 0.4) is 0 Å². The number of hydrogen-bond donors (Lipinski definition) is 2. The van der Waals surface area contributed by atoms with Crippen LogP contribution in [0.25, 0.3) is 0 Å². The van der Waals surface area contributed by atoms with Gasteiger partial charge >= 0.3 is 0 Å². The topological polar surface area (TPSA) is 57.6 Å². The summed E-state index contributed by atoms with van der Waals surface area (Å²) < 4.78 is 22.2. The van der Waals surface area contributed by atoms with Gasteiger partial charge in [-0.25, -0.2) is 12.7 Å². The van der Waals surface area contributed by atoms with Crippen molar-refractivity contribution in [1.82, 2.24) is 4.31 Å². The molecule has 5 heteroatoms. The molecule has 0 spiro atoms. The van der Waals surface area contributed by atoms with Crippen LogP contribution < -0.4 is 0 Å². The molecule has 0 aliphatic rings. The Morgan fingerprint density at radius 1 is 1.36 bits per heavy atom. The second-order valence-corrected chi connectivity index (χ2v) is 3.31. The zero-order chi connectivity index (χ0) is 8.69. The molecule has 1 N–H and O–H groups in total. The summed E-state index contributed by atoms with van der Waals surface area (Å²) in [6.45, 7) is 2.64. The minimum absolute atomic E-state index is 0.104. The van der Waals surface area contributed by atoms with Gasteiger partial charge in [-0.15, -0.1) is 0 Å². The monoisotopic (exact) mass is 181 g/mol. The first-order chi connectivity index (χ1) is 5.22. The molecular weight excluding hydrogens is 166 g/mol. The molecule has 0 aromatic rings. The van der Waals surface area contributed by atoms with Gasteiger partial charge < -0.3 is 5.11 Å². The lowest BCUT2D eigenvalue weighted by Crippen LogP contribution is -2.26. The van der Waals surface area contributed by atoms with Crippen molar-refractivity contribution < 1.29 is 13.5 Å². The van der Waals surface area contributed by atoms with Crippen LogP contribution in [0, 0.1) is 0 Å². The number of rotatable bonds is 6. The summed E-state index contributed by atoms with van der Waals surface area (Å²) in [7, 11) is -2.51. The Labute approximate surface area is 68.9 Å². The van der Waals surface area contributed by atoms with E-state index in [-0.39, 0.29) is 13.2 Å². The number of unbranched alkanes of at least 4 members (excludes halogenated alkanes) is 1. The fourth-order valence-corrected chi connectivity index (χ4v) is 1.29.